The molecule has 0 radical (unpaired) electrons. The van der Waals surface area contributed by atoms with E-state index in [1.807, 2.05) is 4.90 Å². The van der Waals surface area contributed by atoms with Crippen LogP contribution in [0.4, 0.5) is 0 Å². The van der Waals surface area contributed by atoms with Gasteiger partial charge in [-0.2, -0.15) is 0 Å². The van der Waals surface area contributed by atoms with Gasteiger partial charge in [0.15, 0.2) is 0 Å². The standard InChI is InChI=1S/C13H22N2O3/c1-13(2)12(17)15(6-3-11(16)14-13)9-10-4-7-18-8-5-10/h10H,3-9H2,1-2H3,(H,14,16). The Labute approximate surface area is 108 Å². The minimum absolute atomic E-state index is 0.0276. The van der Waals surface area contributed by atoms with Crippen LogP contribution in [0, 0.1) is 5.92 Å². The fourth-order valence-corrected chi connectivity index (χ4v) is 2.61. The molecule has 5 nitrogen and oxygen atoms in total. The van der Waals surface area contributed by atoms with Gasteiger partial charge < -0.3 is 15.0 Å². The largest absolute Gasteiger partial charge is 0.381 e. The van der Waals surface area contributed by atoms with Crippen molar-refractivity contribution in [1.82, 2.24) is 10.2 Å². The first-order chi connectivity index (χ1) is 8.49. The number of hydrogen-bond acceptors (Lipinski definition) is 3. The van der Waals surface area contributed by atoms with Gasteiger partial charge in [-0.25, -0.2) is 0 Å². The van der Waals surface area contributed by atoms with E-state index in [-0.39, 0.29) is 11.8 Å². The van der Waals surface area contributed by atoms with E-state index in [4.69, 9.17) is 4.74 Å². The second kappa shape index (κ2) is 5.26. The number of nitrogens with one attached hydrogen (secondary N) is 1. The smallest absolute Gasteiger partial charge is 0.247 e. The van der Waals surface area contributed by atoms with E-state index in [9.17, 15) is 9.59 Å². The zero-order valence-corrected chi connectivity index (χ0v) is 11.2. The number of carbonyl (C=O) groups is 2. The van der Waals surface area contributed by atoms with E-state index in [1.54, 1.807) is 13.8 Å². The second-order valence-corrected chi connectivity index (χ2v) is 5.73. The van der Waals surface area contributed by atoms with Crippen molar-refractivity contribution in [2.75, 3.05) is 26.3 Å². The lowest BCUT2D eigenvalue weighted by Gasteiger charge is -2.32. The summed E-state index contributed by atoms with van der Waals surface area (Å²) in [5.74, 6) is 0.495. The summed E-state index contributed by atoms with van der Waals surface area (Å²) in [5, 5.41) is 2.78. The third-order valence-corrected chi connectivity index (χ3v) is 3.70. The minimum atomic E-state index is -0.779. The molecule has 18 heavy (non-hydrogen) atoms. The molecule has 102 valence electrons. The van der Waals surface area contributed by atoms with Crippen molar-refractivity contribution in [2.45, 2.75) is 38.6 Å². The molecule has 0 unspecified atom stereocenters. The number of rotatable bonds is 2. The summed E-state index contributed by atoms with van der Waals surface area (Å²) in [7, 11) is 0. The highest BCUT2D eigenvalue weighted by atomic mass is 16.5. The highest BCUT2D eigenvalue weighted by molar-refractivity contribution is 5.92. The number of nitrogens with zero attached hydrogens (tertiary/aromatic N) is 1. The van der Waals surface area contributed by atoms with E-state index < -0.39 is 5.54 Å². The van der Waals surface area contributed by atoms with Crippen LogP contribution < -0.4 is 5.32 Å². The van der Waals surface area contributed by atoms with Crippen molar-refractivity contribution in [1.29, 1.82) is 0 Å². The highest BCUT2D eigenvalue weighted by Gasteiger charge is 2.37. The van der Waals surface area contributed by atoms with E-state index in [0.29, 0.717) is 18.9 Å². The molecule has 2 saturated heterocycles. The number of amides is 2. The van der Waals surface area contributed by atoms with Crippen molar-refractivity contribution in [2.24, 2.45) is 5.92 Å². The Morgan fingerprint density at radius 3 is 2.67 bits per heavy atom. The van der Waals surface area contributed by atoms with Crippen LogP contribution in [0.2, 0.25) is 0 Å². The SMILES string of the molecule is CC1(C)NC(=O)CCN(CC2CCOCC2)C1=O. The summed E-state index contributed by atoms with van der Waals surface area (Å²) in [6, 6.07) is 0. The van der Waals surface area contributed by atoms with Gasteiger partial charge in [-0.15, -0.1) is 0 Å². The second-order valence-electron chi connectivity index (χ2n) is 5.73. The third-order valence-electron chi connectivity index (χ3n) is 3.70. The van der Waals surface area contributed by atoms with Gasteiger partial charge in [-0.1, -0.05) is 0 Å². The topological polar surface area (TPSA) is 58.6 Å². The highest BCUT2D eigenvalue weighted by Crippen LogP contribution is 2.20. The monoisotopic (exact) mass is 254 g/mol. The van der Waals surface area contributed by atoms with Crippen LogP contribution in [0.15, 0.2) is 0 Å². The van der Waals surface area contributed by atoms with Crippen molar-refractivity contribution >= 4 is 11.8 Å². The maximum atomic E-state index is 12.4. The van der Waals surface area contributed by atoms with Crippen LogP contribution in [0.5, 0.6) is 0 Å². The van der Waals surface area contributed by atoms with Crippen LogP contribution >= 0.6 is 0 Å². The fraction of sp³-hybridized carbons (Fsp3) is 0.846. The van der Waals surface area contributed by atoms with Gasteiger partial charge in [-0.05, 0) is 32.6 Å². The zero-order chi connectivity index (χ0) is 13.2. The fourth-order valence-electron chi connectivity index (χ4n) is 2.61. The summed E-state index contributed by atoms with van der Waals surface area (Å²) in [6.07, 6.45) is 2.41. The molecule has 2 heterocycles. The Morgan fingerprint density at radius 2 is 2.00 bits per heavy atom. The summed E-state index contributed by atoms with van der Waals surface area (Å²) in [6.45, 7) is 6.40. The maximum Gasteiger partial charge on any atom is 0.247 e. The van der Waals surface area contributed by atoms with E-state index in [2.05, 4.69) is 5.32 Å². The maximum absolute atomic E-state index is 12.4. The Bertz CT molecular complexity index is 335. The number of carbonyl (C=O) groups excluding carboxylic acids is 2. The molecule has 0 aromatic heterocycles. The summed E-state index contributed by atoms with van der Waals surface area (Å²) >= 11 is 0. The Balaban J connectivity index is 2.01. The van der Waals surface area contributed by atoms with Crippen LogP contribution in [0.1, 0.15) is 33.1 Å². The lowest BCUT2D eigenvalue weighted by atomic mass is 9.98. The first-order valence-corrected chi connectivity index (χ1v) is 6.67. The van der Waals surface area contributed by atoms with Gasteiger partial charge in [0.25, 0.3) is 0 Å². The van der Waals surface area contributed by atoms with Crippen LogP contribution in [-0.2, 0) is 14.3 Å². The lowest BCUT2D eigenvalue weighted by molar-refractivity contribution is -0.138. The predicted molar refractivity (Wildman–Crippen MR) is 67.0 cm³/mol. The van der Waals surface area contributed by atoms with Gasteiger partial charge in [0.2, 0.25) is 11.8 Å². The average molecular weight is 254 g/mol. The molecule has 2 aliphatic rings. The van der Waals surface area contributed by atoms with E-state index in [1.165, 1.54) is 0 Å². The molecule has 0 spiro atoms. The molecule has 0 bridgehead atoms. The normalized spacial score (nSPS) is 25.8. The van der Waals surface area contributed by atoms with Crippen LogP contribution in [-0.4, -0.2) is 48.6 Å². The molecule has 0 saturated carbocycles. The van der Waals surface area contributed by atoms with Crippen molar-refractivity contribution in [3.63, 3.8) is 0 Å². The van der Waals surface area contributed by atoms with Crippen molar-refractivity contribution in [3.05, 3.63) is 0 Å². The summed E-state index contributed by atoms with van der Waals surface area (Å²) < 4.78 is 5.33. The molecular weight excluding hydrogens is 232 g/mol. The first-order valence-electron chi connectivity index (χ1n) is 6.67. The van der Waals surface area contributed by atoms with Crippen molar-refractivity contribution < 1.29 is 14.3 Å². The number of hydrogen-bond donors (Lipinski definition) is 1. The summed E-state index contributed by atoms with van der Waals surface area (Å²) in [5.41, 5.74) is -0.779. The average Bonchev–Trinajstić information content (AvgIpc) is 2.42. The molecule has 0 aliphatic carbocycles. The molecule has 0 aromatic carbocycles. The Hall–Kier alpha value is -1.10. The van der Waals surface area contributed by atoms with E-state index in [0.717, 1.165) is 32.6 Å². The van der Waals surface area contributed by atoms with Crippen LogP contribution in [0.3, 0.4) is 0 Å². The summed E-state index contributed by atoms with van der Waals surface area (Å²) in [4.78, 5) is 25.8. The minimum Gasteiger partial charge on any atom is -0.381 e. The Kier molecular flexibility index (Phi) is 3.90. The van der Waals surface area contributed by atoms with Gasteiger partial charge in [0, 0.05) is 32.7 Å². The molecule has 0 atom stereocenters. The molecule has 5 heteroatoms. The first kappa shape index (κ1) is 13.3. The quantitative estimate of drug-likeness (QED) is 0.782. The van der Waals surface area contributed by atoms with Gasteiger partial charge >= 0.3 is 0 Å². The van der Waals surface area contributed by atoms with Crippen molar-refractivity contribution in [3.8, 4) is 0 Å². The molecule has 2 fully saturated rings. The molecule has 2 rings (SSSR count). The van der Waals surface area contributed by atoms with E-state index >= 15 is 0 Å². The zero-order valence-electron chi connectivity index (χ0n) is 11.2. The third kappa shape index (κ3) is 3.02. The predicted octanol–water partition coefficient (Wildman–Crippen LogP) is 0.540. The molecule has 2 aliphatic heterocycles. The lowest BCUT2D eigenvalue weighted by Crippen LogP contribution is -2.53. The van der Waals surface area contributed by atoms with Gasteiger partial charge in [0.1, 0.15) is 5.54 Å². The molecule has 2 amide bonds. The van der Waals surface area contributed by atoms with Gasteiger partial charge in [-0.3, -0.25) is 9.59 Å². The number of ether oxygens (including phenoxy) is 1. The van der Waals surface area contributed by atoms with Gasteiger partial charge in [0.05, 0.1) is 0 Å². The molecule has 0 aromatic rings. The van der Waals surface area contributed by atoms with Crippen LogP contribution in [0.25, 0.3) is 0 Å². The molecular formula is C13H22N2O3. The Morgan fingerprint density at radius 1 is 1.33 bits per heavy atom. The molecule has 1 N–H and O–H groups in total.